The number of aliphatic hydroxyl groups excluding tert-OH is 1. The summed E-state index contributed by atoms with van der Waals surface area (Å²) in [6.45, 7) is 7.60. The van der Waals surface area contributed by atoms with Crippen molar-refractivity contribution in [1.82, 2.24) is 19.7 Å². The van der Waals surface area contributed by atoms with Gasteiger partial charge in [0.25, 0.3) is 0 Å². The molecule has 0 spiro atoms. The summed E-state index contributed by atoms with van der Waals surface area (Å²) in [5, 5.41) is 14.7. The van der Waals surface area contributed by atoms with E-state index in [9.17, 15) is 9.90 Å². The molecular weight excluding hydrogens is 416 g/mol. The van der Waals surface area contributed by atoms with Crippen LogP contribution in [0.25, 0.3) is 11.4 Å². The zero-order valence-electron chi connectivity index (χ0n) is 19.5. The van der Waals surface area contributed by atoms with Crippen molar-refractivity contribution in [2.24, 2.45) is 11.3 Å². The summed E-state index contributed by atoms with van der Waals surface area (Å²) in [5.41, 5.74) is 1.71. The number of hydrogen-bond donors (Lipinski definition) is 1. The van der Waals surface area contributed by atoms with Crippen LogP contribution in [0.15, 0.2) is 60.7 Å². The van der Waals surface area contributed by atoms with E-state index in [0.717, 1.165) is 17.0 Å². The molecule has 33 heavy (non-hydrogen) atoms. The van der Waals surface area contributed by atoms with Crippen LogP contribution in [0.1, 0.15) is 38.2 Å². The Morgan fingerprint density at radius 3 is 2.39 bits per heavy atom. The largest absolute Gasteiger partial charge is 0.396 e. The van der Waals surface area contributed by atoms with Gasteiger partial charge < -0.3 is 14.7 Å². The van der Waals surface area contributed by atoms with Gasteiger partial charge in [-0.3, -0.25) is 4.79 Å². The lowest BCUT2D eigenvalue weighted by Gasteiger charge is -2.39. The van der Waals surface area contributed by atoms with E-state index in [4.69, 9.17) is 14.8 Å². The van der Waals surface area contributed by atoms with E-state index < -0.39 is 0 Å². The van der Waals surface area contributed by atoms with Crippen LogP contribution in [0.4, 0.5) is 0 Å². The second kappa shape index (κ2) is 9.85. The molecule has 0 saturated carbocycles. The summed E-state index contributed by atoms with van der Waals surface area (Å²) in [6, 6.07) is 19.7. The molecule has 4 rings (SSSR count). The average molecular weight is 449 g/mol. The number of amides is 1. The molecule has 3 aromatic rings. The van der Waals surface area contributed by atoms with Crippen LogP contribution in [0.2, 0.25) is 0 Å². The number of hydrogen-bond acceptors (Lipinski definition) is 5. The third-order valence-electron chi connectivity index (χ3n) is 5.90. The highest BCUT2D eigenvalue weighted by atomic mass is 16.5. The highest BCUT2D eigenvalue weighted by Gasteiger charge is 2.40. The Kier molecular flexibility index (Phi) is 6.91. The Balaban J connectivity index is 1.83. The average Bonchev–Trinajstić information content (AvgIpc) is 3.11. The van der Waals surface area contributed by atoms with Crippen molar-refractivity contribution in [3.63, 3.8) is 0 Å². The standard InChI is InChI=1S/C26H32N4O3/c1-26(2,3)23(29-14-20(16-31)17-33-18-22(29)32)25-27-24(21-12-8-5-9-13-21)28-30(25)15-19-10-6-4-7-11-19/h4-13,20,23,31H,14-18H2,1-3H3/t20-,23?/m1/s1. The first kappa shape index (κ1) is 23.1. The Morgan fingerprint density at radius 2 is 1.76 bits per heavy atom. The van der Waals surface area contributed by atoms with Gasteiger partial charge in [0.1, 0.15) is 6.61 Å². The summed E-state index contributed by atoms with van der Waals surface area (Å²) < 4.78 is 7.46. The SMILES string of the molecule is CC(C)(C)C(c1nc(-c2ccccc2)nn1Cc1ccccc1)N1C[C@H](CO)COCC1=O. The minimum absolute atomic E-state index is 0.00143. The number of carbonyl (C=O) groups excluding carboxylic acids is 1. The molecule has 2 heterocycles. The molecule has 1 aromatic heterocycles. The highest BCUT2D eigenvalue weighted by molar-refractivity contribution is 5.78. The maximum Gasteiger partial charge on any atom is 0.249 e. The molecule has 1 aliphatic rings. The first-order valence-corrected chi connectivity index (χ1v) is 11.4. The summed E-state index contributed by atoms with van der Waals surface area (Å²) in [5.74, 6) is 1.13. The summed E-state index contributed by atoms with van der Waals surface area (Å²) in [4.78, 5) is 20.0. The van der Waals surface area contributed by atoms with Gasteiger partial charge in [0.2, 0.25) is 5.91 Å². The van der Waals surface area contributed by atoms with Crippen LogP contribution < -0.4 is 0 Å². The van der Waals surface area contributed by atoms with Crippen molar-refractivity contribution in [3.8, 4) is 11.4 Å². The summed E-state index contributed by atoms with van der Waals surface area (Å²) >= 11 is 0. The van der Waals surface area contributed by atoms with E-state index in [2.05, 4.69) is 32.9 Å². The molecule has 1 N–H and O–H groups in total. The maximum atomic E-state index is 13.1. The zero-order valence-corrected chi connectivity index (χ0v) is 19.5. The van der Waals surface area contributed by atoms with Gasteiger partial charge in [-0.2, -0.15) is 5.10 Å². The van der Waals surface area contributed by atoms with Crippen molar-refractivity contribution in [1.29, 1.82) is 0 Å². The van der Waals surface area contributed by atoms with Crippen LogP contribution in [0, 0.1) is 11.3 Å². The molecule has 0 bridgehead atoms. The first-order chi connectivity index (χ1) is 15.9. The molecule has 2 atom stereocenters. The number of nitrogens with zero attached hydrogens (tertiary/aromatic N) is 4. The van der Waals surface area contributed by atoms with E-state index in [1.807, 2.05) is 58.1 Å². The molecule has 0 radical (unpaired) electrons. The van der Waals surface area contributed by atoms with Gasteiger partial charge in [0.15, 0.2) is 11.6 Å². The molecule has 1 saturated heterocycles. The minimum atomic E-state index is -0.338. The van der Waals surface area contributed by atoms with Gasteiger partial charge in [-0.1, -0.05) is 81.4 Å². The monoisotopic (exact) mass is 448 g/mol. The second-order valence-corrected chi connectivity index (χ2v) is 9.68. The molecule has 2 aromatic carbocycles. The Hall–Kier alpha value is -3.03. The molecule has 1 aliphatic heterocycles. The lowest BCUT2D eigenvalue weighted by atomic mass is 9.84. The molecule has 174 valence electrons. The number of aromatic nitrogens is 3. The number of rotatable bonds is 6. The van der Waals surface area contributed by atoms with Crippen molar-refractivity contribution >= 4 is 5.91 Å². The summed E-state index contributed by atoms with van der Waals surface area (Å²) in [7, 11) is 0. The quantitative estimate of drug-likeness (QED) is 0.624. The fourth-order valence-corrected chi connectivity index (χ4v) is 4.32. The number of benzene rings is 2. The lowest BCUT2D eigenvalue weighted by molar-refractivity contribution is -0.139. The highest BCUT2D eigenvalue weighted by Crippen LogP contribution is 2.39. The maximum absolute atomic E-state index is 13.1. The lowest BCUT2D eigenvalue weighted by Crippen LogP contribution is -2.45. The first-order valence-electron chi connectivity index (χ1n) is 11.4. The van der Waals surface area contributed by atoms with E-state index in [0.29, 0.717) is 25.5 Å². The fourth-order valence-electron chi connectivity index (χ4n) is 4.32. The van der Waals surface area contributed by atoms with E-state index >= 15 is 0 Å². The van der Waals surface area contributed by atoms with Gasteiger partial charge >= 0.3 is 0 Å². The topological polar surface area (TPSA) is 80.5 Å². The third kappa shape index (κ3) is 5.31. The zero-order chi connectivity index (χ0) is 23.4. The van der Waals surface area contributed by atoms with Gasteiger partial charge in [-0.05, 0) is 11.0 Å². The van der Waals surface area contributed by atoms with E-state index in [1.165, 1.54) is 0 Å². The van der Waals surface area contributed by atoms with Crippen molar-refractivity contribution in [2.75, 3.05) is 26.4 Å². The predicted molar refractivity (Wildman–Crippen MR) is 126 cm³/mol. The van der Waals surface area contributed by atoms with Gasteiger partial charge in [0.05, 0.1) is 19.2 Å². The van der Waals surface area contributed by atoms with Crippen LogP contribution in [0.3, 0.4) is 0 Å². The number of carbonyl (C=O) groups is 1. The molecule has 0 aliphatic carbocycles. The van der Waals surface area contributed by atoms with Gasteiger partial charge in [-0.15, -0.1) is 0 Å². The van der Waals surface area contributed by atoms with Crippen LogP contribution in [-0.4, -0.2) is 57.0 Å². The fraction of sp³-hybridized carbons (Fsp3) is 0.423. The third-order valence-corrected chi connectivity index (χ3v) is 5.90. The second-order valence-electron chi connectivity index (χ2n) is 9.68. The number of ether oxygens (including phenoxy) is 1. The molecule has 1 unspecified atom stereocenters. The molecule has 7 nitrogen and oxygen atoms in total. The Morgan fingerprint density at radius 1 is 1.09 bits per heavy atom. The molecule has 1 fully saturated rings. The normalized spacial score (nSPS) is 18.2. The van der Waals surface area contributed by atoms with Gasteiger partial charge in [-0.25, -0.2) is 9.67 Å². The molecule has 1 amide bonds. The van der Waals surface area contributed by atoms with Crippen LogP contribution in [-0.2, 0) is 16.1 Å². The van der Waals surface area contributed by atoms with Gasteiger partial charge in [0, 0.05) is 24.6 Å². The van der Waals surface area contributed by atoms with E-state index in [-0.39, 0.29) is 36.5 Å². The smallest absolute Gasteiger partial charge is 0.249 e. The van der Waals surface area contributed by atoms with Crippen molar-refractivity contribution in [2.45, 2.75) is 33.4 Å². The van der Waals surface area contributed by atoms with E-state index in [1.54, 1.807) is 0 Å². The summed E-state index contributed by atoms with van der Waals surface area (Å²) in [6.07, 6.45) is 0. The van der Waals surface area contributed by atoms with Crippen LogP contribution in [0.5, 0.6) is 0 Å². The Bertz CT molecular complexity index is 1060. The van der Waals surface area contributed by atoms with Crippen LogP contribution >= 0.6 is 0 Å². The minimum Gasteiger partial charge on any atom is -0.396 e. The molecular formula is C26H32N4O3. The predicted octanol–water partition coefficient (Wildman–Crippen LogP) is 3.55. The number of aliphatic hydroxyl groups is 1. The molecule has 7 heteroatoms. The Labute approximate surface area is 195 Å². The van der Waals surface area contributed by atoms with Crippen molar-refractivity contribution in [3.05, 3.63) is 72.1 Å². The van der Waals surface area contributed by atoms with Crippen molar-refractivity contribution < 1.29 is 14.6 Å².